The fourth-order valence-electron chi connectivity index (χ4n) is 2.42. The Morgan fingerprint density at radius 2 is 2.19 bits per heavy atom. The van der Waals surface area contributed by atoms with E-state index >= 15 is 0 Å². The van der Waals surface area contributed by atoms with Crippen LogP contribution in [-0.2, 0) is 6.54 Å². The summed E-state index contributed by atoms with van der Waals surface area (Å²) >= 11 is 0. The lowest BCUT2D eigenvalue weighted by molar-refractivity contribution is 0.435. The smallest absolute Gasteiger partial charge is 0.314 e. The van der Waals surface area contributed by atoms with E-state index < -0.39 is 0 Å². The first-order chi connectivity index (χ1) is 7.79. The molecule has 1 aliphatic carbocycles. The monoisotopic (exact) mass is 221 g/mol. The minimum atomic E-state index is -0.215. The molecule has 88 valence electrons. The van der Waals surface area contributed by atoms with Crippen LogP contribution in [0.25, 0.3) is 0 Å². The second-order valence-corrected chi connectivity index (χ2v) is 4.50. The predicted octanol–water partition coefficient (Wildman–Crippen LogP) is 1.54. The van der Waals surface area contributed by atoms with Crippen LogP contribution in [0.15, 0.2) is 10.9 Å². The zero-order chi connectivity index (χ0) is 11.4. The molecule has 1 saturated carbocycles. The summed E-state index contributed by atoms with van der Waals surface area (Å²) in [5.41, 5.74) is 1.70. The summed E-state index contributed by atoms with van der Waals surface area (Å²) in [5, 5.41) is 3.04. The molecule has 0 spiro atoms. The van der Waals surface area contributed by atoms with Crippen molar-refractivity contribution in [2.75, 3.05) is 7.05 Å². The summed E-state index contributed by atoms with van der Waals surface area (Å²) in [4.78, 5) is 18.3. The molecule has 0 amide bonds. The molecule has 1 heterocycles. The Kier molecular flexibility index (Phi) is 3.72. The lowest BCUT2D eigenvalue weighted by Gasteiger charge is -2.21. The highest BCUT2D eigenvalue weighted by atomic mass is 16.1. The van der Waals surface area contributed by atoms with Crippen LogP contribution in [-0.4, -0.2) is 17.0 Å². The van der Waals surface area contributed by atoms with E-state index in [2.05, 4.69) is 15.3 Å². The van der Waals surface area contributed by atoms with Crippen LogP contribution >= 0.6 is 0 Å². The highest BCUT2D eigenvalue weighted by molar-refractivity contribution is 5.13. The van der Waals surface area contributed by atoms with Gasteiger partial charge in [-0.25, -0.2) is 4.79 Å². The Balaban J connectivity index is 2.21. The minimum Gasteiger partial charge on any atom is -0.314 e. The van der Waals surface area contributed by atoms with Gasteiger partial charge in [0.1, 0.15) is 0 Å². The molecule has 1 aromatic rings. The third-order valence-electron chi connectivity index (χ3n) is 3.21. The normalized spacial score (nSPS) is 17.6. The lowest BCUT2D eigenvalue weighted by atomic mass is 9.86. The Hall–Kier alpha value is -1.16. The van der Waals surface area contributed by atoms with E-state index in [9.17, 15) is 4.79 Å². The number of nitrogens with zero attached hydrogens (tertiary/aromatic N) is 1. The van der Waals surface area contributed by atoms with Crippen molar-refractivity contribution in [1.29, 1.82) is 0 Å². The molecule has 0 aromatic carbocycles. The van der Waals surface area contributed by atoms with E-state index in [1.165, 1.54) is 32.1 Å². The van der Waals surface area contributed by atoms with Crippen LogP contribution < -0.4 is 11.0 Å². The number of aromatic nitrogens is 2. The summed E-state index contributed by atoms with van der Waals surface area (Å²) in [5.74, 6) is 0.492. The lowest BCUT2D eigenvalue weighted by Crippen LogP contribution is -2.20. The van der Waals surface area contributed by atoms with Gasteiger partial charge in [0.25, 0.3) is 0 Å². The SMILES string of the molecule is CNCc1cc(C2CCCCC2)nc(=O)[nH]1. The second-order valence-electron chi connectivity index (χ2n) is 4.50. The summed E-state index contributed by atoms with van der Waals surface area (Å²) in [6.45, 7) is 0.692. The van der Waals surface area contributed by atoms with Crippen molar-refractivity contribution in [3.63, 3.8) is 0 Å². The van der Waals surface area contributed by atoms with Crippen molar-refractivity contribution < 1.29 is 0 Å². The van der Waals surface area contributed by atoms with Gasteiger partial charge in [-0.2, -0.15) is 4.98 Å². The Morgan fingerprint density at radius 1 is 1.44 bits per heavy atom. The zero-order valence-electron chi connectivity index (χ0n) is 9.75. The summed E-state index contributed by atoms with van der Waals surface area (Å²) < 4.78 is 0. The molecule has 0 saturated heterocycles. The Bertz CT molecular complexity index is 393. The zero-order valence-corrected chi connectivity index (χ0v) is 9.75. The van der Waals surface area contributed by atoms with Crippen molar-refractivity contribution in [3.05, 3.63) is 27.9 Å². The first-order valence-corrected chi connectivity index (χ1v) is 6.04. The van der Waals surface area contributed by atoms with E-state index in [0.717, 1.165) is 11.4 Å². The van der Waals surface area contributed by atoms with Crippen molar-refractivity contribution in [1.82, 2.24) is 15.3 Å². The number of H-pyrrole nitrogens is 1. The summed E-state index contributed by atoms with van der Waals surface area (Å²) in [7, 11) is 1.87. The van der Waals surface area contributed by atoms with Gasteiger partial charge < -0.3 is 10.3 Å². The number of hydrogen-bond donors (Lipinski definition) is 2. The van der Waals surface area contributed by atoms with Crippen LogP contribution in [0.4, 0.5) is 0 Å². The molecule has 2 N–H and O–H groups in total. The highest BCUT2D eigenvalue weighted by Crippen LogP contribution is 2.30. The highest BCUT2D eigenvalue weighted by Gasteiger charge is 2.17. The molecule has 1 aliphatic rings. The number of nitrogens with one attached hydrogen (secondary N) is 2. The number of aromatic amines is 1. The van der Waals surface area contributed by atoms with Gasteiger partial charge in [0.15, 0.2) is 0 Å². The minimum absolute atomic E-state index is 0.215. The van der Waals surface area contributed by atoms with E-state index in [4.69, 9.17) is 0 Å². The van der Waals surface area contributed by atoms with E-state index in [1.807, 2.05) is 13.1 Å². The van der Waals surface area contributed by atoms with Crippen molar-refractivity contribution in [3.8, 4) is 0 Å². The molecule has 0 atom stereocenters. The van der Waals surface area contributed by atoms with Crippen LogP contribution in [0, 0.1) is 0 Å². The molecule has 1 aromatic heterocycles. The standard InChI is InChI=1S/C12H19N3O/c1-13-8-10-7-11(15-12(16)14-10)9-5-3-2-4-6-9/h7,9,13H,2-6,8H2,1H3,(H,14,15,16). The predicted molar refractivity (Wildman–Crippen MR) is 63.4 cm³/mol. The van der Waals surface area contributed by atoms with E-state index in [-0.39, 0.29) is 5.69 Å². The average Bonchev–Trinajstić information content (AvgIpc) is 2.30. The van der Waals surface area contributed by atoms with Crippen LogP contribution in [0.1, 0.15) is 49.4 Å². The average molecular weight is 221 g/mol. The van der Waals surface area contributed by atoms with Gasteiger partial charge in [-0.1, -0.05) is 19.3 Å². The fraction of sp³-hybridized carbons (Fsp3) is 0.667. The van der Waals surface area contributed by atoms with E-state index in [1.54, 1.807) is 0 Å². The fourth-order valence-corrected chi connectivity index (χ4v) is 2.42. The molecule has 16 heavy (non-hydrogen) atoms. The maximum Gasteiger partial charge on any atom is 0.345 e. The molecular weight excluding hydrogens is 202 g/mol. The maximum absolute atomic E-state index is 11.4. The Morgan fingerprint density at radius 3 is 2.88 bits per heavy atom. The largest absolute Gasteiger partial charge is 0.345 e. The molecule has 1 fully saturated rings. The quantitative estimate of drug-likeness (QED) is 0.814. The van der Waals surface area contributed by atoms with Crippen LogP contribution in [0.2, 0.25) is 0 Å². The molecule has 4 nitrogen and oxygen atoms in total. The van der Waals surface area contributed by atoms with Gasteiger partial charge in [0, 0.05) is 18.2 Å². The third kappa shape index (κ3) is 2.70. The van der Waals surface area contributed by atoms with Crippen LogP contribution in [0.5, 0.6) is 0 Å². The Labute approximate surface area is 95.5 Å². The molecule has 4 heteroatoms. The summed E-state index contributed by atoms with van der Waals surface area (Å²) in [6, 6.07) is 2.04. The van der Waals surface area contributed by atoms with Gasteiger partial charge in [0.2, 0.25) is 0 Å². The van der Waals surface area contributed by atoms with Crippen molar-refractivity contribution >= 4 is 0 Å². The maximum atomic E-state index is 11.4. The molecule has 0 radical (unpaired) electrons. The van der Waals surface area contributed by atoms with Crippen molar-refractivity contribution in [2.24, 2.45) is 0 Å². The van der Waals surface area contributed by atoms with Crippen molar-refractivity contribution in [2.45, 2.75) is 44.6 Å². The topological polar surface area (TPSA) is 57.8 Å². The molecule has 0 bridgehead atoms. The first kappa shape index (κ1) is 11.3. The van der Waals surface area contributed by atoms with Gasteiger partial charge >= 0.3 is 5.69 Å². The summed E-state index contributed by atoms with van der Waals surface area (Å²) in [6.07, 6.45) is 6.20. The van der Waals surface area contributed by atoms with Gasteiger partial charge in [-0.05, 0) is 26.0 Å². The van der Waals surface area contributed by atoms with Crippen LogP contribution in [0.3, 0.4) is 0 Å². The second kappa shape index (κ2) is 5.25. The third-order valence-corrected chi connectivity index (χ3v) is 3.21. The molecule has 2 rings (SSSR count). The first-order valence-electron chi connectivity index (χ1n) is 6.04. The number of rotatable bonds is 3. The van der Waals surface area contributed by atoms with E-state index in [0.29, 0.717) is 12.5 Å². The van der Waals surface area contributed by atoms with Gasteiger partial charge in [-0.15, -0.1) is 0 Å². The van der Waals surface area contributed by atoms with Gasteiger partial charge in [-0.3, -0.25) is 0 Å². The molecule has 0 unspecified atom stereocenters. The van der Waals surface area contributed by atoms with Gasteiger partial charge in [0.05, 0.1) is 5.69 Å². The molecular formula is C12H19N3O. The molecule has 0 aliphatic heterocycles. The number of hydrogen-bond acceptors (Lipinski definition) is 3.